The third-order valence-corrected chi connectivity index (χ3v) is 4.77. The molecule has 0 heterocycles. The van der Waals surface area contributed by atoms with Crippen LogP contribution in [0.1, 0.15) is 31.4 Å². The lowest BCUT2D eigenvalue weighted by Crippen LogP contribution is -2.16. The topological polar surface area (TPSA) is 30.5 Å². The molecule has 0 fully saturated rings. The Kier molecular flexibility index (Phi) is 8.36. The standard InChI is InChI=1S/C20H24Cl3NO2/c1-13(2)6-7-24-11-14-8-18(23)20(19(9-14)25-3)26-12-15-4-5-16(21)10-17(15)22/h4-5,8-10,13,24H,6-7,11-12H2,1-3H3. The van der Waals surface area contributed by atoms with Crippen molar-refractivity contribution in [1.82, 2.24) is 5.32 Å². The van der Waals surface area contributed by atoms with Gasteiger partial charge in [-0.15, -0.1) is 0 Å². The molecule has 0 spiro atoms. The molecule has 142 valence electrons. The largest absolute Gasteiger partial charge is 0.493 e. The first-order chi connectivity index (χ1) is 12.4. The molecular formula is C20H24Cl3NO2. The molecule has 3 nitrogen and oxygen atoms in total. The predicted octanol–water partition coefficient (Wildman–Crippen LogP) is 6.37. The summed E-state index contributed by atoms with van der Waals surface area (Å²) < 4.78 is 11.3. The second-order valence-corrected chi connectivity index (χ2v) is 7.74. The van der Waals surface area contributed by atoms with E-state index in [4.69, 9.17) is 44.3 Å². The SMILES string of the molecule is COc1cc(CNCCC(C)C)cc(Cl)c1OCc1ccc(Cl)cc1Cl. The molecule has 26 heavy (non-hydrogen) atoms. The smallest absolute Gasteiger partial charge is 0.180 e. The van der Waals surface area contributed by atoms with Crippen LogP contribution in [0.4, 0.5) is 0 Å². The van der Waals surface area contributed by atoms with E-state index in [1.54, 1.807) is 19.2 Å². The lowest BCUT2D eigenvalue weighted by molar-refractivity contribution is 0.284. The minimum atomic E-state index is 0.276. The predicted molar refractivity (Wildman–Crippen MR) is 110 cm³/mol. The number of halogens is 3. The first kappa shape index (κ1) is 21.2. The minimum absolute atomic E-state index is 0.276. The van der Waals surface area contributed by atoms with Gasteiger partial charge < -0.3 is 14.8 Å². The maximum Gasteiger partial charge on any atom is 0.180 e. The highest BCUT2D eigenvalue weighted by Gasteiger charge is 2.13. The van der Waals surface area contributed by atoms with E-state index >= 15 is 0 Å². The molecule has 0 aliphatic heterocycles. The molecule has 0 aliphatic rings. The second-order valence-electron chi connectivity index (χ2n) is 6.49. The Balaban J connectivity index is 2.06. The van der Waals surface area contributed by atoms with Crippen molar-refractivity contribution >= 4 is 34.8 Å². The summed E-state index contributed by atoms with van der Waals surface area (Å²) in [5.41, 5.74) is 1.88. The Morgan fingerprint density at radius 1 is 1.04 bits per heavy atom. The van der Waals surface area contributed by atoms with Crippen LogP contribution >= 0.6 is 34.8 Å². The van der Waals surface area contributed by atoms with Gasteiger partial charge in [-0.2, -0.15) is 0 Å². The maximum atomic E-state index is 6.42. The summed E-state index contributed by atoms with van der Waals surface area (Å²) in [5, 5.41) is 5.07. The van der Waals surface area contributed by atoms with Gasteiger partial charge in [0, 0.05) is 22.2 Å². The van der Waals surface area contributed by atoms with Crippen molar-refractivity contribution in [1.29, 1.82) is 0 Å². The van der Waals surface area contributed by atoms with Gasteiger partial charge in [0.25, 0.3) is 0 Å². The molecule has 0 aliphatic carbocycles. The number of hydrogen-bond acceptors (Lipinski definition) is 3. The fraction of sp³-hybridized carbons (Fsp3) is 0.400. The molecule has 0 aromatic heterocycles. The Hall–Kier alpha value is -1.13. The van der Waals surface area contributed by atoms with E-state index in [2.05, 4.69) is 19.2 Å². The summed E-state index contributed by atoms with van der Waals surface area (Å²) in [7, 11) is 1.60. The van der Waals surface area contributed by atoms with E-state index in [-0.39, 0.29) is 6.61 Å². The average molecular weight is 417 g/mol. The van der Waals surface area contributed by atoms with Crippen LogP contribution < -0.4 is 14.8 Å². The van der Waals surface area contributed by atoms with Crippen LogP contribution in [0, 0.1) is 5.92 Å². The van der Waals surface area contributed by atoms with Crippen LogP contribution in [-0.4, -0.2) is 13.7 Å². The first-order valence-corrected chi connectivity index (χ1v) is 9.68. The van der Waals surface area contributed by atoms with E-state index in [0.29, 0.717) is 32.5 Å². The summed E-state index contributed by atoms with van der Waals surface area (Å²) in [6.07, 6.45) is 1.13. The number of nitrogens with one attached hydrogen (secondary N) is 1. The third-order valence-electron chi connectivity index (χ3n) is 3.90. The molecule has 6 heteroatoms. The van der Waals surface area contributed by atoms with Crippen LogP contribution in [0.2, 0.25) is 15.1 Å². The lowest BCUT2D eigenvalue weighted by Gasteiger charge is -2.15. The fourth-order valence-corrected chi connectivity index (χ4v) is 3.18. The second kappa shape index (κ2) is 10.3. The van der Waals surface area contributed by atoms with Gasteiger partial charge in [0.05, 0.1) is 12.1 Å². The molecule has 0 unspecified atom stereocenters. The number of hydrogen-bond donors (Lipinski definition) is 1. The maximum absolute atomic E-state index is 6.42. The third kappa shape index (κ3) is 6.24. The minimum Gasteiger partial charge on any atom is -0.493 e. The molecule has 0 saturated heterocycles. The van der Waals surface area contributed by atoms with Crippen molar-refractivity contribution in [3.05, 3.63) is 56.5 Å². The van der Waals surface area contributed by atoms with Gasteiger partial charge in [0.1, 0.15) is 6.61 Å². The summed E-state index contributed by atoms with van der Waals surface area (Å²) in [5.74, 6) is 1.78. The van der Waals surface area contributed by atoms with Crippen LogP contribution in [0.3, 0.4) is 0 Å². The van der Waals surface area contributed by atoms with Gasteiger partial charge >= 0.3 is 0 Å². The van der Waals surface area contributed by atoms with E-state index in [1.807, 2.05) is 18.2 Å². The molecule has 2 rings (SSSR count). The fourth-order valence-electron chi connectivity index (χ4n) is 2.43. The molecule has 0 atom stereocenters. The molecule has 2 aromatic carbocycles. The summed E-state index contributed by atoms with van der Waals surface area (Å²) in [6.45, 7) is 6.39. The number of rotatable bonds is 9. The van der Waals surface area contributed by atoms with Gasteiger partial charge in [-0.3, -0.25) is 0 Å². The van der Waals surface area contributed by atoms with Crippen LogP contribution in [0.15, 0.2) is 30.3 Å². The van der Waals surface area contributed by atoms with Crippen molar-refractivity contribution in [2.75, 3.05) is 13.7 Å². The number of ether oxygens (including phenoxy) is 2. The van der Waals surface area contributed by atoms with Gasteiger partial charge in [-0.05, 0) is 48.7 Å². The van der Waals surface area contributed by atoms with Gasteiger partial charge in [-0.1, -0.05) is 54.7 Å². The summed E-state index contributed by atoms with van der Waals surface area (Å²) >= 11 is 18.5. The van der Waals surface area contributed by atoms with Crippen molar-refractivity contribution < 1.29 is 9.47 Å². The van der Waals surface area contributed by atoms with Gasteiger partial charge in [-0.25, -0.2) is 0 Å². The molecule has 0 radical (unpaired) electrons. The van der Waals surface area contributed by atoms with Crippen molar-refractivity contribution in [2.24, 2.45) is 5.92 Å². The molecule has 0 amide bonds. The monoisotopic (exact) mass is 415 g/mol. The van der Waals surface area contributed by atoms with Crippen LogP contribution in [-0.2, 0) is 13.2 Å². The van der Waals surface area contributed by atoms with E-state index in [9.17, 15) is 0 Å². The highest BCUT2D eigenvalue weighted by Crippen LogP contribution is 2.37. The van der Waals surface area contributed by atoms with Crippen molar-refractivity contribution in [2.45, 2.75) is 33.4 Å². The molecule has 1 N–H and O–H groups in total. The normalized spacial score (nSPS) is 11.0. The van der Waals surface area contributed by atoms with Crippen LogP contribution in [0.5, 0.6) is 11.5 Å². The highest BCUT2D eigenvalue weighted by atomic mass is 35.5. The Morgan fingerprint density at radius 2 is 1.81 bits per heavy atom. The summed E-state index contributed by atoms with van der Waals surface area (Å²) in [6, 6.07) is 9.12. The number of benzene rings is 2. The number of methoxy groups -OCH3 is 1. The van der Waals surface area contributed by atoms with Crippen molar-refractivity contribution in [3.63, 3.8) is 0 Å². The lowest BCUT2D eigenvalue weighted by atomic mass is 10.1. The summed E-state index contributed by atoms with van der Waals surface area (Å²) in [4.78, 5) is 0. The zero-order valence-corrected chi connectivity index (χ0v) is 17.5. The Morgan fingerprint density at radius 3 is 2.46 bits per heavy atom. The van der Waals surface area contributed by atoms with E-state index < -0.39 is 0 Å². The molecule has 2 aromatic rings. The quantitative estimate of drug-likeness (QED) is 0.482. The Bertz CT molecular complexity index is 735. The Labute approximate surface area is 170 Å². The van der Waals surface area contributed by atoms with Crippen molar-refractivity contribution in [3.8, 4) is 11.5 Å². The zero-order chi connectivity index (χ0) is 19.1. The molecule has 0 bridgehead atoms. The highest BCUT2D eigenvalue weighted by molar-refractivity contribution is 6.35. The van der Waals surface area contributed by atoms with E-state index in [1.165, 1.54) is 0 Å². The van der Waals surface area contributed by atoms with Gasteiger partial charge in [0.2, 0.25) is 0 Å². The molecular weight excluding hydrogens is 393 g/mol. The van der Waals surface area contributed by atoms with Crippen LogP contribution in [0.25, 0.3) is 0 Å². The molecule has 0 saturated carbocycles. The average Bonchev–Trinajstić information content (AvgIpc) is 2.58. The van der Waals surface area contributed by atoms with Gasteiger partial charge in [0.15, 0.2) is 11.5 Å². The van der Waals surface area contributed by atoms with E-state index in [0.717, 1.165) is 30.6 Å². The first-order valence-electron chi connectivity index (χ1n) is 8.54. The zero-order valence-electron chi connectivity index (χ0n) is 15.2.